The number of hydrogen-bond donors (Lipinski definition) is 1. The molecule has 0 atom stereocenters. The molecule has 0 saturated carbocycles. The topological polar surface area (TPSA) is 63.8 Å². The van der Waals surface area contributed by atoms with Crippen molar-refractivity contribution in [3.8, 4) is 11.5 Å². The average molecular weight is 352 g/mol. The van der Waals surface area contributed by atoms with E-state index in [1.807, 2.05) is 26.0 Å². The Bertz CT molecular complexity index is 1240. The van der Waals surface area contributed by atoms with Crippen molar-refractivity contribution in [2.45, 2.75) is 13.8 Å². The molecule has 2 aromatic carbocycles. The van der Waals surface area contributed by atoms with Crippen LogP contribution < -0.4 is 14.8 Å². The summed E-state index contributed by atoms with van der Waals surface area (Å²) in [5.41, 5.74) is 4.32. The molecular weight excluding hydrogens is 336 g/mol. The fraction of sp³-hybridized carbons (Fsp3) is 0.158. The van der Waals surface area contributed by atoms with Gasteiger partial charge in [-0.1, -0.05) is 11.3 Å². The van der Waals surface area contributed by atoms with Crippen LogP contribution in [0.5, 0.6) is 11.5 Å². The zero-order valence-electron chi connectivity index (χ0n) is 14.0. The van der Waals surface area contributed by atoms with Crippen LogP contribution in [0.15, 0.2) is 35.1 Å². The molecule has 126 valence electrons. The number of nitrogens with zero attached hydrogens (tertiary/aromatic N) is 2. The van der Waals surface area contributed by atoms with Crippen LogP contribution in [0.1, 0.15) is 16.7 Å². The third-order valence-corrected chi connectivity index (χ3v) is 5.34. The molecular formula is C19H16N2O3S. The Kier molecular flexibility index (Phi) is 3.51. The second-order valence-electron chi connectivity index (χ2n) is 6.00. The molecule has 0 bridgehead atoms. The molecule has 0 fully saturated rings. The monoisotopic (exact) mass is 352 g/mol. The van der Waals surface area contributed by atoms with E-state index in [0.29, 0.717) is 20.8 Å². The number of hydrogen-bond acceptors (Lipinski definition) is 5. The summed E-state index contributed by atoms with van der Waals surface area (Å²) in [6.45, 7) is 4.05. The third kappa shape index (κ3) is 2.46. The van der Waals surface area contributed by atoms with Gasteiger partial charge in [-0.3, -0.25) is 4.79 Å². The highest BCUT2D eigenvalue weighted by molar-refractivity contribution is 7.15. The molecule has 2 aromatic heterocycles. The lowest BCUT2D eigenvalue weighted by Crippen LogP contribution is -2.22. The molecule has 2 heterocycles. The van der Waals surface area contributed by atoms with Crippen LogP contribution >= 0.6 is 11.3 Å². The van der Waals surface area contributed by atoms with Crippen molar-refractivity contribution in [3.63, 3.8) is 0 Å². The number of methoxy groups -OCH3 is 1. The van der Waals surface area contributed by atoms with Gasteiger partial charge >= 0.3 is 0 Å². The summed E-state index contributed by atoms with van der Waals surface area (Å²) in [6.07, 6.45) is 1.67. The zero-order valence-corrected chi connectivity index (χ0v) is 14.8. The SMILES string of the molecule is COc1ccc(O)c(/C=c2\sc3nc4cc(C)c(C)cc4n3c2=O)c1. The molecule has 5 nitrogen and oxygen atoms in total. The maximum absolute atomic E-state index is 12.9. The fourth-order valence-corrected chi connectivity index (χ4v) is 3.81. The predicted molar refractivity (Wildman–Crippen MR) is 99.8 cm³/mol. The van der Waals surface area contributed by atoms with Crippen LogP contribution in [0.4, 0.5) is 0 Å². The zero-order chi connectivity index (χ0) is 17.7. The highest BCUT2D eigenvalue weighted by Gasteiger charge is 2.13. The lowest BCUT2D eigenvalue weighted by atomic mass is 10.1. The lowest BCUT2D eigenvalue weighted by Gasteiger charge is -2.02. The number of imidazole rings is 1. The van der Waals surface area contributed by atoms with Crippen LogP contribution in [0.3, 0.4) is 0 Å². The summed E-state index contributed by atoms with van der Waals surface area (Å²) in [5.74, 6) is 0.719. The number of fused-ring (bicyclic) bond motifs is 3. The normalized spacial score (nSPS) is 12.4. The van der Waals surface area contributed by atoms with Crippen LogP contribution in [0.25, 0.3) is 22.1 Å². The molecule has 0 spiro atoms. The summed E-state index contributed by atoms with van der Waals surface area (Å²) in [4.78, 5) is 18.1. The lowest BCUT2D eigenvalue weighted by molar-refractivity contribution is 0.412. The first-order valence-corrected chi connectivity index (χ1v) is 8.60. The van der Waals surface area contributed by atoms with E-state index in [4.69, 9.17) is 4.74 Å². The predicted octanol–water partition coefficient (Wildman–Crippen LogP) is 2.79. The second-order valence-corrected chi connectivity index (χ2v) is 7.00. The van der Waals surface area contributed by atoms with Crippen LogP contribution in [-0.4, -0.2) is 21.6 Å². The van der Waals surface area contributed by atoms with Crippen LogP contribution in [-0.2, 0) is 0 Å². The molecule has 6 heteroatoms. The largest absolute Gasteiger partial charge is 0.507 e. The second kappa shape index (κ2) is 5.60. The van der Waals surface area contributed by atoms with Gasteiger partial charge in [0.1, 0.15) is 11.5 Å². The molecule has 0 unspecified atom stereocenters. The Morgan fingerprint density at radius 1 is 1.20 bits per heavy atom. The number of aromatic nitrogens is 2. The van der Waals surface area contributed by atoms with Gasteiger partial charge in [-0.15, -0.1) is 0 Å². The minimum atomic E-state index is -0.132. The Hall–Kier alpha value is -2.86. The summed E-state index contributed by atoms with van der Waals surface area (Å²) in [7, 11) is 1.56. The van der Waals surface area contributed by atoms with E-state index < -0.39 is 0 Å². The fourth-order valence-electron chi connectivity index (χ4n) is 2.83. The molecule has 0 aliphatic carbocycles. The molecule has 0 saturated heterocycles. The van der Waals surface area contributed by atoms with Crippen molar-refractivity contribution in [2.75, 3.05) is 7.11 Å². The van der Waals surface area contributed by atoms with E-state index >= 15 is 0 Å². The Morgan fingerprint density at radius 3 is 2.72 bits per heavy atom. The number of rotatable bonds is 2. The van der Waals surface area contributed by atoms with Gasteiger partial charge in [-0.2, -0.15) is 0 Å². The number of benzene rings is 2. The molecule has 4 aromatic rings. The van der Waals surface area contributed by atoms with E-state index in [-0.39, 0.29) is 11.3 Å². The standard InChI is InChI=1S/C19H16N2O3S/c1-10-6-14-15(7-11(10)2)21-18(23)17(25-19(21)20-14)9-12-8-13(24-3)4-5-16(12)22/h4-9,22H,1-3H3/b17-9-. The first-order chi connectivity index (χ1) is 12.0. The van der Waals surface area contributed by atoms with Crippen molar-refractivity contribution in [3.05, 3.63) is 61.9 Å². The van der Waals surface area contributed by atoms with Gasteiger partial charge in [-0.05, 0) is 61.4 Å². The van der Waals surface area contributed by atoms with E-state index in [1.54, 1.807) is 35.8 Å². The Morgan fingerprint density at radius 2 is 1.96 bits per heavy atom. The first-order valence-electron chi connectivity index (χ1n) is 7.79. The van der Waals surface area contributed by atoms with Crippen molar-refractivity contribution in [1.82, 2.24) is 9.38 Å². The van der Waals surface area contributed by atoms with Gasteiger partial charge in [0.25, 0.3) is 5.56 Å². The van der Waals surface area contributed by atoms with Gasteiger partial charge in [0, 0.05) is 5.56 Å². The molecule has 0 aliphatic heterocycles. The smallest absolute Gasteiger partial charge is 0.274 e. The average Bonchev–Trinajstić information content (AvgIpc) is 3.07. The summed E-state index contributed by atoms with van der Waals surface area (Å²) in [6, 6.07) is 8.91. The minimum Gasteiger partial charge on any atom is -0.507 e. The molecule has 0 amide bonds. The number of ether oxygens (including phenoxy) is 1. The van der Waals surface area contributed by atoms with E-state index in [9.17, 15) is 9.90 Å². The maximum atomic E-state index is 12.9. The number of thiazole rings is 1. The minimum absolute atomic E-state index is 0.0996. The molecule has 25 heavy (non-hydrogen) atoms. The number of aromatic hydroxyl groups is 1. The summed E-state index contributed by atoms with van der Waals surface area (Å²) in [5, 5.41) is 10.0. The Balaban J connectivity index is 1.99. The number of phenolic OH excluding ortho intramolecular Hbond substituents is 1. The molecule has 0 radical (unpaired) electrons. The van der Waals surface area contributed by atoms with Crippen molar-refractivity contribution in [2.24, 2.45) is 0 Å². The van der Waals surface area contributed by atoms with Gasteiger partial charge in [0.15, 0.2) is 4.96 Å². The molecule has 4 rings (SSSR count). The maximum Gasteiger partial charge on any atom is 0.274 e. The van der Waals surface area contributed by atoms with Gasteiger partial charge in [0.2, 0.25) is 0 Å². The first kappa shape index (κ1) is 15.7. The quantitative estimate of drug-likeness (QED) is 0.602. The van der Waals surface area contributed by atoms with Gasteiger partial charge < -0.3 is 9.84 Å². The summed E-state index contributed by atoms with van der Waals surface area (Å²) >= 11 is 1.31. The number of aryl methyl sites for hydroxylation is 2. The van der Waals surface area contributed by atoms with Gasteiger partial charge in [-0.25, -0.2) is 9.38 Å². The molecule has 1 N–H and O–H groups in total. The Labute approximate surface area is 147 Å². The van der Waals surface area contributed by atoms with E-state index in [2.05, 4.69) is 4.98 Å². The van der Waals surface area contributed by atoms with Crippen molar-refractivity contribution in [1.29, 1.82) is 0 Å². The molecule has 0 aliphatic rings. The van der Waals surface area contributed by atoms with Crippen molar-refractivity contribution >= 4 is 33.4 Å². The van der Waals surface area contributed by atoms with Crippen LogP contribution in [0.2, 0.25) is 0 Å². The summed E-state index contributed by atoms with van der Waals surface area (Å²) < 4.78 is 7.33. The van der Waals surface area contributed by atoms with Crippen molar-refractivity contribution < 1.29 is 9.84 Å². The highest BCUT2D eigenvalue weighted by Crippen LogP contribution is 2.24. The number of phenols is 1. The third-order valence-electron chi connectivity index (χ3n) is 4.38. The van der Waals surface area contributed by atoms with E-state index in [0.717, 1.165) is 22.2 Å². The highest BCUT2D eigenvalue weighted by atomic mass is 32.1. The van der Waals surface area contributed by atoms with Gasteiger partial charge in [0.05, 0.1) is 22.7 Å². The van der Waals surface area contributed by atoms with E-state index in [1.165, 1.54) is 11.3 Å². The van der Waals surface area contributed by atoms with Crippen LogP contribution in [0, 0.1) is 13.8 Å².